The molecule has 0 spiro atoms. The molecule has 1 aliphatic rings. The third-order valence-electron chi connectivity index (χ3n) is 3.37. The molecule has 0 radical (unpaired) electrons. The molecule has 5 heteroatoms. The highest BCUT2D eigenvalue weighted by molar-refractivity contribution is 5.39. The zero-order valence-corrected chi connectivity index (χ0v) is 10.4. The highest BCUT2D eigenvalue weighted by Crippen LogP contribution is 2.40. The van der Waals surface area contributed by atoms with E-state index in [0.717, 1.165) is 6.07 Å². The summed E-state index contributed by atoms with van der Waals surface area (Å²) in [5.41, 5.74) is 7.06. The van der Waals surface area contributed by atoms with Crippen molar-refractivity contribution in [2.75, 3.05) is 0 Å². The van der Waals surface area contributed by atoms with Crippen molar-refractivity contribution in [2.45, 2.75) is 18.6 Å². The van der Waals surface area contributed by atoms with Gasteiger partial charge in [0.05, 0.1) is 0 Å². The van der Waals surface area contributed by atoms with Gasteiger partial charge in [-0.15, -0.1) is 0 Å². The van der Waals surface area contributed by atoms with Crippen LogP contribution in [0.4, 0.5) is 13.2 Å². The summed E-state index contributed by atoms with van der Waals surface area (Å²) in [5.74, 6) is -1.48. The lowest BCUT2D eigenvalue weighted by Gasteiger charge is -2.30. The van der Waals surface area contributed by atoms with Gasteiger partial charge < -0.3 is 10.5 Å². The zero-order valence-electron chi connectivity index (χ0n) is 10.4. The predicted octanol–water partition coefficient (Wildman–Crippen LogP) is 3.63. The van der Waals surface area contributed by atoms with Gasteiger partial charge in [-0.3, -0.25) is 0 Å². The molecular weight excluding hydrogens is 267 g/mol. The summed E-state index contributed by atoms with van der Waals surface area (Å²) in [4.78, 5) is 0. The molecule has 0 aliphatic carbocycles. The molecule has 2 unspecified atom stereocenters. The lowest BCUT2D eigenvalue weighted by molar-refractivity contribution is 0.160. The Morgan fingerprint density at radius 2 is 1.65 bits per heavy atom. The van der Waals surface area contributed by atoms with Crippen molar-refractivity contribution < 1.29 is 17.9 Å². The molecule has 2 nitrogen and oxygen atoms in total. The molecule has 0 amide bonds. The Labute approximate surface area is 114 Å². The standard InChI is InChI=1S/C15H12F3NO/c16-9-1-2-12-13(19)7-14(20-15(12)6-9)8-3-10(17)5-11(18)4-8/h1-6,13-14H,7,19H2. The number of fused-ring (bicyclic) bond motifs is 1. The zero-order chi connectivity index (χ0) is 14.3. The summed E-state index contributed by atoms with van der Waals surface area (Å²) in [5, 5.41) is 0. The van der Waals surface area contributed by atoms with Crippen molar-refractivity contribution in [3.8, 4) is 5.75 Å². The van der Waals surface area contributed by atoms with Crippen LogP contribution in [0, 0.1) is 17.5 Å². The van der Waals surface area contributed by atoms with Gasteiger partial charge in [-0.25, -0.2) is 13.2 Å². The first-order chi connectivity index (χ1) is 9.52. The molecule has 1 aliphatic heterocycles. The normalized spacial score (nSPS) is 21.2. The minimum atomic E-state index is -0.679. The summed E-state index contributed by atoms with van der Waals surface area (Å²) < 4.78 is 45.4. The lowest BCUT2D eigenvalue weighted by atomic mass is 9.93. The molecule has 2 atom stereocenters. The largest absolute Gasteiger partial charge is 0.485 e. The van der Waals surface area contributed by atoms with Crippen LogP contribution in [-0.2, 0) is 0 Å². The van der Waals surface area contributed by atoms with E-state index in [-0.39, 0.29) is 6.04 Å². The van der Waals surface area contributed by atoms with E-state index in [0.29, 0.717) is 23.3 Å². The van der Waals surface area contributed by atoms with Crippen molar-refractivity contribution in [3.63, 3.8) is 0 Å². The summed E-state index contributed by atoms with van der Waals surface area (Å²) in [6, 6.07) is 6.93. The topological polar surface area (TPSA) is 35.2 Å². The van der Waals surface area contributed by atoms with Crippen molar-refractivity contribution in [1.29, 1.82) is 0 Å². The van der Waals surface area contributed by atoms with Crippen LogP contribution in [0.2, 0.25) is 0 Å². The van der Waals surface area contributed by atoms with E-state index in [4.69, 9.17) is 10.5 Å². The van der Waals surface area contributed by atoms with Crippen molar-refractivity contribution >= 4 is 0 Å². The predicted molar refractivity (Wildman–Crippen MR) is 67.7 cm³/mol. The van der Waals surface area contributed by atoms with Gasteiger partial charge in [0.2, 0.25) is 0 Å². The van der Waals surface area contributed by atoms with Crippen LogP contribution < -0.4 is 10.5 Å². The molecule has 0 saturated carbocycles. The van der Waals surface area contributed by atoms with E-state index in [9.17, 15) is 13.2 Å². The number of hydrogen-bond acceptors (Lipinski definition) is 2. The summed E-state index contributed by atoms with van der Waals surface area (Å²) in [7, 11) is 0. The van der Waals surface area contributed by atoms with Crippen LogP contribution in [0.5, 0.6) is 5.75 Å². The molecule has 0 bridgehead atoms. The molecule has 2 aromatic carbocycles. The smallest absolute Gasteiger partial charge is 0.127 e. The molecule has 1 heterocycles. The highest BCUT2D eigenvalue weighted by Gasteiger charge is 2.28. The number of ether oxygens (including phenoxy) is 1. The third kappa shape index (κ3) is 2.36. The first kappa shape index (κ1) is 13.0. The summed E-state index contributed by atoms with van der Waals surface area (Å²) >= 11 is 0. The van der Waals surface area contributed by atoms with Crippen LogP contribution in [0.1, 0.15) is 29.7 Å². The monoisotopic (exact) mass is 279 g/mol. The third-order valence-corrected chi connectivity index (χ3v) is 3.37. The van der Waals surface area contributed by atoms with Gasteiger partial charge in [-0.2, -0.15) is 0 Å². The van der Waals surface area contributed by atoms with Gasteiger partial charge in [0.25, 0.3) is 0 Å². The maximum absolute atomic E-state index is 13.3. The van der Waals surface area contributed by atoms with E-state index in [1.807, 2.05) is 0 Å². The van der Waals surface area contributed by atoms with Gasteiger partial charge in [0, 0.05) is 30.2 Å². The fourth-order valence-electron chi connectivity index (χ4n) is 2.44. The van der Waals surface area contributed by atoms with E-state index in [1.165, 1.54) is 24.3 Å². The average Bonchev–Trinajstić information content (AvgIpc) is 2.36. The lowest BCUT2D eigenvalue weighted by Crippen LogP contribution is -2.24. The minimum Gasteiger partial charge on any atom is -0.485 e. The van der Waals surface area contributed by atoms with Crippen LogP contribution in [0.25, 0.3) is 0 Å². The fraction of sp³-hybridized carbons (Fsp3) is 0.200. The fourth-order valence-corrected chi connectivity index (χ4v) is 2.44. The van der Waals surface area contributed by atoms with Gasteiger partial charge in [-0.05, 0) is 23.8 Å². The second kappa shape index (κ2) is 4.83. The van der Waals surface area contributed by atoms with Gasteiger partial charge in [0.15, 0.2) is 0 Å². The highest BCUT2D eigenvalue weighted by atomic mass is 19.1. The molecule has 0 fully saturated rings. The maximum atomic E-state index is 13.3. The van der Waals surface area contributed by atoms with Crippen molar-refractivity contribution in [2.24, 2.45) is 5.73 Å². The Kier molecular flexibility index (Phi) is 3.14. The number of nitrogens with two attached hydrogens (primary N) is 1. The molecule has 2 aromatic rings. The number of hydrogen-bond donors (Lipinski definition) is 1. The van der Waals surface area contributed by atoms with E-state index in [1.54, 1.807) is 6.07 Å². The first-order valence-electron chi connectivity index (χ1n) is 6.20. The van der Waals surface area contributed by atoms with Crippen LogP contribution >= 0.6 is 0 Å². The second-order valence-corrected chi connectivity index (χ2v) is 4.83. The first-order valence-corrected chi connectivity index (χ1v) is 6.20. The Hall–Kier alpha value is -2.01. The Bertz CT molecular complexity index is 639. The number of benzene rings is 2. The van der Waals surface area contributed by atoms with Gasteiger partial charge in [-0.1, -0.05) is 6.07 Å². The molecule has 0 aromatic heterocycles. The van der Waals surface area contributed by atoms with Gasteiger partial charge in [0.1, 0.15) is 29.3 Å². The molecule has 104 valence electrons. The number of halogens is 3. The van der Waals surface area contributed by atoms with Crippen molar-refractivity contribution in [1.82, 2.24) is 0 Å². The van der Waals surface area contributed by atoms with Crippen LogP contribution in [0.3, 0.4) is 0 Å². The quantitative estimate of drug-likeness (QED) is 0.865. The Morgan fingerprint density at radius 1 is 0.950 bits per heavy atom. The van der Waals surface area contributed by atoms with E-state index < -0.39 is 23.6 Å². The van der Waals surface area contributed by atoms with Gasteiger partial charge >= 0.3 is 0 Å². The Balaban J connectivity index is 1.98. The molecule has 3 rings (SSSR count). The molecular formula is C15H12F3NO. The van der Waals surface area contributed by atoms with Crippen molar-refractivity contribution in [3.05, 3.63) is 65.0 Å². The minimum absolute atomic E-state index is 0.318. The van der Waals surface area contributed by atoms with Crippen LogP contribution in [-0.4, -0.2) is 0 Å². The maximum Gasteiger partial charge on any atom is 0.127 e. The van der Waals surface area contributed by atoms with Crippen LogP contribution in [0.15, 0.2) is 36.4 Å². The summed E-state index contributed by atoms with van der Waals surface area (Å²) in [6.07, 6.45) is -0.217. The second-order valence-electron chi connectivity index (χ2n) is 4.83. The van der Waals surface area contributed by atoms with E-state index >= 15 is 0 Å². The SMILES string of the molecule is NC1CC(c2cc(F)cc(F)c2)Oc2cc(F)ccc21. The molecule has 20 heavy (non-hydrogen) atoms. The summed E-state index contributed by atoms with van der Waals surface area (Å²) in [6.45, 7) is 0. The molecule has 2 N–H and O–H groups in total. The average molecular weight is 279 g/mol. The number of rotatable bonds is 1. The van der Waals surface area contributed by atoms with E-state index in [2.05, 4.69) is 0 Å². The Morgan fingerprint density at radius 3 is 2.35 bits per heavy atom. The molecule has 0 saturated heterocycles.